The average Bonchev–Trinajstić information content (AvgIpc) is 2.22. The maximum absolute atomic E-state index is 5.32. The van der Waals surface area contributed by atoms with Crippen LogP contribution in [0.5, 0.6) is 0 Å². The van der Waals surface area contributed by atoms with E-state index in [0.29, 0.717) is 6.10 Å². The van der Waals surface area contributed by atoms with Crippen molar-refractivity contribution < 1.29 is 4.74 Å². The van der Waals surface area contributed by atoms with Crippen molar-refractivity contribution >= 4 is 0 Å². The van der Waals surface area contributed by atoms with Crippen molar-refractivity contribution in [2.75, 3.05) is 6.61 Å². The summed E-state index contributed by atoms with van der Waals surface area (Å²) < 4.78 is 5.32. The molecule has 0 amide bonds. The van der Waals surface area contributed by atoms with E-state index >= 15 is 0 Å². The first-order valence-electron chi connectivity index (χ1n) is 2.90. The average molecular weight is 97.1 g/mol. The summed E-state index contributed by atoms with van der Waals surface area (Å²) in [5.74, 6) is 0.824. The highest BCUT2D eigenvalue weighted by atomic mass is 16.5. The van der Waals surface area contributed by atoms with Gasteiger partial charge in [-0.15, -0.1) is 0 Å². The highest BCUT2D eigenvalue weighted by Gasteiger charge is 2.31. The van der Waals surface area contributed by atoms with Gasteiger partial charge >= 0.3 is 0 Å². The van der Waals surface area contributed by atoms with Crippen LogP contribution in [0.4, 0.5) is 0 Å². The van der Waals surface area contributed by atoms with Gasteiger partial charge in [-0.1, -0.05) is 0 Å². The molecular weight excluding hydrogens is 88.1 g/mol. The second kappa shape index (κ2) is 1.22. The molecule has 2 bridgehead atoms. The third kappa shape index (κ3) is 0.480. The molecule has 1 heteroatoms. The molecule has 1 nitrogen and oxygen atoms in total. The minimum Gasteiger partial charge on any atom is -0.378 e. The van der Waals surface area contributed by atoms with Crippen molar-refractivity contribution in [1.29, 1.82) is 0 Å². The summed E-state index contributed by atoms with van der Waals surface area (Å²) in [7, 11) is 0. The van der Waals surface area contributed by atoms with Crippen molar-refractivity contribution in [1.82, 2.24) is 0 Å². The quantitative estimate of drug-likeness (QED) is 0.438. The van der Waals surface area contributed by atoms with Gasteiger partial charge in [0.25, 0.3) is 0 Å². The van der Waals surface area contributed by atoms with Crippen molar-refractivity contribution in [3.05, 3.63) is 6.42 Å². The van der Waals surface area contributed by atoms with E-state index in [1.165, 1.54) is 12.8 Å². The van der Waals surface area contributed by atoms with Gasteiger partial charge in [0.2, 0.25) is 0 Å². The lowest BCUT2D eigenvalue weighted by molar-refractivity contribution is 0.0930. The van der Waals surface area contributed by atoms with Crippen LogP contribution < -0.4 is 0 Å². The zero-order valence-corrected chi connectivity index (χ0v) is 4.26. The topological polar surface area (TPSA) is 9.23 Å². The smallest absolute Gasteiger partial charge is 0.0581 e. The molecule has 1 aliphatic heterocycles. The van der Waals surface area contributed by atoms with Crippen LogP contribution in [0.2, 0.25) is 0 Å². The molecule has 1 saturated carbocycles. The van der Waals surface area contributed by atoms with Crippen LogP contribution >= 0.6 is 0 Å². The zero-order chi connectivity index (χ0) is 4.69. The Bertz CT molecular complexity index is 62.2. The molecule has 0 aromatic carbocycles. The van der Waals surface area contributed by atoms with Gasteiger partial charge in [-0.3, -0.25) is 0 Å². The Morgan fingerprint density at radius 2 is 2.57 bits per heavy atom. The Kier molecular flexibility index (Phi) is 0.680. The van der Waals surface area contributed by atoms with E-state index in [9.17, 15) is 0 Å². The van der Waals surface area contributed by atoms with E-state index in [-0.39, 0.29) is 0 Å². The molecule has 1 saturated heterocycles. The van der Waals surface area contributed by atoms with Gasteiger partial charge in [-0.05, 0) is 25.2 Å². The lowest BCUT2D eigenvalue weighted by Gasteiger charge is -2.07. The molecule has 0 N–H and O–H groups in total. The lowest BCUT2D eigenvalue weighted by Crippen LogP contribution is -2.06. The number of ether oxygens (including phenoxy) is 1. The van der Waals surface area contributed by atoms with Crippen LogP contribution in [0.15, 0.2) is 0 Å². The standard InChI is InChI=1S/C6H9O/c1-2-6-3-5(1)4-7-6/h1,5-6H,2-4H2. The van der Waals surface area contributed by atoms with Crippen LogP contribution in [-0.2, 0) is 4.74 Å². The first-order chi connectivity index (χ1) is 3.45. The monoisotopic (exact) mass is 97.1 g/mol. The molecule has 1 radical (unpaired) electrons. The lowest BCUT2D eigenvalue weighted by atomic mass is 10.1. The Hall–Kier alpha value is -0.0400. The molecule has 0 spiro atoms. The summed E-state index contributed by atoms with van der Waals surface area (Å²) in [6, 6.07) is 0. The molecule has 1 heterocycles. The first-order valence-corrected chi connectivity index (χ1v) is 2.90. The van der Waals surface area contributed by atoms with E-state index in [1.807, 2.05) is 0 Å². The van der Waals surface area contributed by atoms with Crippen molar-refractivity contribution in [2.45, 2.75) is 18.9 Å². The van der Waals surface area contributed by atoms with Gasteiger partial charge in [0.15, 0.2) is 0 Å². The van der Waals surface area contributed by atoms with Crippen molar-refractivity contribution in [3.63, 3.8) is 0 Å². The molecule has 7 heavy (non-hydrogen) atoms. The number of hydrogen-bond acceptors (Lipinski definition) is 1. The summed E-state index contributed by atoms with van der Waals surface area (Å²) in [6.07, 6.45) is 5.52. The molecule has 2 atom stereocenters. The summed E-state index contributed by atoms with van der Waals surface area (Å²) in [5.41, 5.74) is 0. The SMILES string of the molecule is [CH]1CC2CC1CO2. The number of hydrogen-bond donors (Lipinski definition) is 0. The first kappa shape index (κ1) is 3.90. The van der Waals surface area contributed by atoms with Gasteiger partial charge in [0.05, 0.1) is 12.7 Å². The van der Waals surface area contributed by atoms with Gasteiger partial charge in [0, 0.05) is 0 Å². The van der Waals surface area contributed by atoms with Crippen molar-refractivity contribution in [3.8, 4) is 0 Å². The molecule has 39 valence electrons. The summed E-state index contributed by atoms with van der Waals surface area (Å²) >= 11 is 0. The molecule has 0 aromatic heterocycles. The van der Waals surface area contributed by atoms with E-state index in [4.69, 9.17) is 4.74 Å². The van der Waals surface area contributed by atoms with E-state index < -0.39 is 0 Å². The fraction of sp³-hybridized carbons (Fsp3) is 0.833. The molecule has 2 rings (SSSR count). The minimum absolute atomic E-state index is 0.616. The van der Waals surface area contributed by atoms with Crippen LogP contribution in [0.3, 0.4) is 0 Å². The minimum atomic E-state index is 0.616. The second-order valence-electron chi connectivity index (χ2n) is 2.42. The summed E-state index contributed by atoms with van der Waals surface area (Å²) in [5, 5.41) is 0. The second-order valence-corrected chi connectivity index (χ2v) is 2.42. The maximum Gasteiger partial charge on any atom is 0.0581 e. The highest BCUT2D eigenvalue weighted by Crippen LogP contribution is 2.33. The van der Waals surface area contributed by atoms with Crippen LogP contribution in [-0.4, -0.2) is 12.7 Å². The van der Waals surface area contributed by atoms with Gasteiger partial charge in [0.1, 0.15) is 0 Å². The Labute approximate surface area is 43.7 Å². The van der Waals surface area contributed by atoms with E-state index in [1.54, 1.807) is 0 Å². The van der Waals surface area contributed by atoms with Gasteiger partial charge < -0.3 is 4.74 Å². The van der Waals surface area contributed by atoms with E-state index in [0.717, 1.165) is 12.5 Å². The number of fused-ring (bicyclic) bond motifs is 2. The van der Waals surface area contributed by atoms with Crippen LogP contribution in [0, 0.1) is 12.3 Å². The fourth-order valence-corrected chi connectivity index (χ4v) is 1.41. The summed E-state index contributed by atoms with van der Waals surface area (Å²) in [6.45, 7) is 1.00. The third-order valence-electron chi connectivity index (χ3n) is 1.84. The van der Waals surface area contributed by atoms with Gasteiger partial charge in [-0.25, -0.2) is 0 Å². The Balaban J connectivity index is 2.12. The largest absolute Gasteiger partial charge is 0.378 e. The van der Waals surface area contributed by atoms with Crippen LogP contribution in [0.25, 0.3) is 0 Å². The molecular formula is C6H9O. The van der Waals surface area contributed by atoms with Gasteiger partial charge in [-0.2, -0.15) is 0 Å². The highest BCUT2D eigenvalue weighted by molar-refractivity contribution is 4.94. The zero-order valence-electron chi connectivity index (χ0n) is 4.26. The molecule has 2 aliphatic rings. The Morgan fingerprint density at radius 3 is 2.71 bits per heavy atom. The maximum atomic E-state index is 5.32. The Morgan fingerprint density at radius 1 is 1.57 bits per heavy atom. The molecule has 2 fully saturated rings. The normalized spacial score (nSPS) is 48.0. The molecule has 0 aromatic rings. The summed E-state index contributed by atoms with van der Waals surface area (Å²) in [4.78, 5) is 0. The molecule has 2 unspecified atom stereocenters. The third-order valence-corrected chi connectivity index (χ3v) is 1.84. The predicted octanol–water partition coefficient (Wildman–Crippen LogP) is 0.999. The molecule has 1 aliphatic carbocycles. The van der Waals surface area contributed by atoms with Crippen molar-refractivity contribution in [2.24, 2.45) is 5.92 Å². The van der Waals surface area contributed by atoms with Crippen LogP contribution in [0.1, 0.15) is 12.8 Å². The van der Waals surface area contributed by atoms with E-state index in [2.05, 4.69) is 6.42 Å². The fourth-order valence-electron chi connectivity index (χ4n) is 1.41. The number of rotatable bonds is 0. The predicted molar refractivity (Wildman–Crippen MR) is 26.8 cm³/mol.